The van der Waals surface area contributed by atoms with E-state index in [0.29, 0.717) is 23.6 Å². The van der Waals surface area contributed by atoms with Gasteiger partial charge in [-0.3, -0.25) is 4.79 Å². The van der Waals surface area contributed by atoms with Crippen LogP contribution in [0, 0.1) is 19.8 Å². The summed E-state index contributed by atoms with van der Waals surface area (Å²) in [6.45, 7) is 6.89. The number of hydrogen-bond donors (Lipinski definition) is 1. The summed E-state index contributed by atoms with van der Waals surface area (Å²) >= 11 is 1.22. The summed E-state index contributed by atoms with van der Waals surface area (Å²) < 4.78 is 27.4. The number of carbonyl (C=O) groups is 1. The van der Waals surface area contributed by atoms with E-state index in [2.05, 4.69) is 44.3 Å². The Labute approximate surface area is 171 Å². The number of amides is 1. The first-order valence-corrected chi connectivity index (χ1v) is 12.1. The van der Waals surface area contributed by atoms with Crippen molar-refractivity contribution in [2.75, 3.05) is 13.1 Å². The van der Waals surface area contributed by atoms with E-state index in [9.17, 15) is 13.2 Å². The van der Waals surface area contributed by atoms with Crippen LogP contribution in [0.4, 0.5) is 0 Å². The van der Waals surface area contributed by atoms with Crippen LogP contribution in [0.1, 0.15) is 48.9 Å². The van der Waals surface area contributed by atoms with Crippen LogP contribution in [0.5, 0.6) is 0 Å². The maximum Gasteiger partial charge on any atom is 0.252 e. The lowest BCUT2D eigenvalue weighted by Crippen LogP contribution is -2.45. The molecule has 2 heterocycles. The average molecular weight is 421 g/mol. The Balaban J connectivity index is 1.71. The van der Waals surface area contributed by atoms with Crippen LogP contribution in [0.15, 0.2) is 39.9 Å². The molecule has 5 nitrogen and oxygen atoms in total. The van der Waals surface area contributed by atoms with Crippen LogP contribution >= 0.6 is 11.3 Å². The van der Waals surface area contributed by atoms with E-state index in [1.54, 1.807) is 17.5 Å². The van der Waals surface area contributed by atoms with Crippen molar-refractivity contribution >= 4 is 27.3 Å². The Kier molecular flexibility index (Phi) is 6.58. The molecule has 2 aromatic rings. The zero-order valence-corrected chi connectivity index (χ0v) is 18.3. The average Bonchev–Trinajstić information content (AvgIpc) is 3.22. The second kappa shape index (κ2) is 8.76. The van der Waals surface area contributed by atoms with Crippen molar-refractivity contribution in [2.24, 2.45) is 5.92 Å². The number of hydrogen-bond acceptors (Lipinski definition) is 4. The molecule has 1 aliphatic rings. The number of nitrogens with one attached hydrogen (secondary N) is 1. The number of thiophene rings is 1. The minimum absolute atomic E-state index is 0.0575. The Morgan fingerprint density at radius 3 is 2.75 bits per heavy atom. The first-order valence-electron chi connectivity index (χ1n) is 9.74. The molecular weight excluding hydrogens is 392 g/mol. The maximum atomic E-state index is 12.9. The smallest absolute Gasteiger partial charge is 0.252 e. The molecule has 2 atom stereocenters. The number of piperidine rings is 1. The fraction of sp³-hybridized carbons (Fsp3) is 0.476. The van der Waals surface area contributed by atoms with E-state index >= 15 is 0 Å². The van der Waals surface area contributed by atoms with Crippen LogP contribution in [0.2, 0.25) is 0 Å². The molecule has 0 unspecified atom stereocenters. The number of rotatable bonds is 6. The molecule has 0 saturated carbocycles. The van der Waals surface area contributed by atoms with E-state index in [0.717, 1.165) is 17.5 Å². The van der Waals surface area contributed by atoms with Gasteiger partial charge in [0.25, 0.3) is 10.0 Å². The molecule has 1 fully saturated rings. The Bertz CT molecular complexity index is 923. The molecule has 7 heteroatoms. The number of nitrogens with zero attached hydrogens (tertiary/aromatic N) is 1. The van der Waals surface area contributed by atoms with Crippen molar-refractivity contribution in [3.63, 3.8) is 0 Å². The normalized spacial score (nSPS) is 19.3. The van der Waals surface area contributed by atoms with Gasteiger partial charge in [-0.15, -0.1) is 11.3 Å². The summed E-state index contributed by atoms with van der Waals surface area (Å²) in [5.74, 6) is -0.374. The number of benzene rings is 1. The number of aryl methyl sites for hydroxylation is 2. The molecule has 152 valence electrons. The van der Waals surface area contributed by atoms with Gasteiger partial charge in [0.1, 0.15) is 4.21 Å². The first-order chi connectivity index (χ1) is 13.3. The van der Waals surface area contributed by atoms with Gasteiger partial charge in [0.05, 0.1) is 12.0 Å². The van der Waals surface area contributed by atoms with Gasteiger partial charge in [-0.05, 0) is 55.7 Å². The van der Waals surface area contributed by atoms with E-state index in [-0.39, 0.29) is 24.4 Å². The highest BCUT2D eigenvalue weighted by Gasteiger charge is 2.34. The lowest BCUT2D eigenvalue weighted by molar-refractivity contribution is -0.126. The summed E-state index contributed by atoms with van der Waals surface area (Å²) in [6.07, 6.45) is 2.20. The van der Waals surface area contributed by atoms with Gasteiger partial charge in [0.15, 0.2) is 0 Å². The van der Waals surface area contributed by atoms with Crippen molar-refractivity contribution < 1.29 is 13.2 Å². The molecule has 1 aromatic heterocycles. The zero-order chi connectivity index (χ0) is 20.3. The Hall–Kier alpha value is -1.70. The highest BCUT2D eigenvalue weighted by molar-refractivity contribution is 7.91. The summed E-state index contributed by atoms with van der Waals surface area (Å²) in [5, 5.41) is 4.92. The van der Waals surface area contributed by atoms with Crippen LogP contribution < -0.4 is 5.32 Å². The Morgan fingerprint density at radius 2 is 2.11 bits per heavy atom. The number of carbonyl (C=O) groups excluding carboxylic acids is 1. The molecule has 1 N–H and O–H groups in total. The standard InChI is InChI=1S/C21H28N2O3S2/c1-4-19(18-10-9-15(2)13-16(18)3)22-21(24)17-7-5-11-23(14-17)28(25,26)20-8-6-12-27-20/h6,8-10,12-13,17,19H,4-5,7,11,14H2,1-3H3,(H,22,24)/t17-,19+/m1/s1. The van der Waals surface area contributed by atoms with Crippen LogP contribution in [-0.2, 0) is 14.8 Å². The largest absolute Gasteiger partial charge is 0.349 e. The van der Waals surface area contributed by atoms with Gasteiger partial charge < -0.3 is 5.32 Å². The number of sulfonamides is 1. The first kappa shape index (κ1) is 21.0. The van der Waals surface area contributed by atoms with Gasteiger partial charge in [0.2, 0.25) is 5.91 Å². The van der Waals surface area contributed by atoms with E-state index in [4.69, 9.17) is 0 Å². The summed E-state index contributed by atoms with van der Waals surface area (Å²) in [6, 6.07) is 9.57. The van der Waals surface area contributed by atoms with Gasteiger partial charge in [-0.2, -0.15) is 4.31 Å². The van der Waals surface area contributed by atoms with Crippen molar-refractivity contribution in [1.82, 2.24) is 9.62 Å². The summed E-state index contributed by atoms with van der Waals surface area (Å²) in [7, 11) is -3.51. The molecule has 1 amide bonds. The fourth-order valence-electron chi connectivity index (χ4n) is 3.82. The monoisotopic (exact) mass is 420 g/mol. The topological polar surface area (TPSA) is 66.5 Å². The molecular formula is C21H28N2O3S2. The van der Waals surface area contributed by atoms with E-state index in [1.807, 2.05) is 0 Å². The van der Waals surface area contributed by atoms with E-state index < -0.39 is 10.0 Å². The quantitative estimate of drug-likeness (QED) is 0.767. The van der Waals surface area contributed by atoms with E-state index in [1.165, 1.54) is 21.2 Å². The van der Waals surface area contributed by atoms with Crippen molar-refractivity contribution in [1.29, 1.82) is 0 Å². The molecule has 0 radical (unpaired) electrons. The minimum Gasteiger partial charge on any atom is -0.349 e. The third kappa shape index (κ3) is 4.47. The molecule has 3 rings (SSSR count). The molecule has 1 aliphatic heterocycles. The molecule has 0 spiro atoms. The molecule has 0 bridgehead atoms. The zero-order valence-electron chi connectivity index (χ0n) is 16.6. The maximum absolute atomic E-state index is 12.9. The third-order valence-corrected chi connectivity index (χ3v) is 8.61. The SMILES string of the molecule is CC[C@H](NC(=O)[C@@H]1CCCN(S(=O)(=O)c2cccs2)C1)c1ccc(C)cc1C. The van der Waals surface area contributed by atoms with Crippen molar-refractivity contribution in [2.45, 2.75) is 50.3 Å². The second-order valence-electron chi connectivity index (χ2n) is 7.46. The summed E-state index contributed by atoms with van der Waals surface area (Å²) in [5.41, 5.74) is 3.49. The predicted octanol–water partition coefficient (Wildman–Crippen LogP) is 4.03. The lowest BCUT2D eigenvalue weighted by atomic mass is 9.95. The van der Waals surface area contributed by atoms with Crippen LogP contribution in [0.25, 0.3) is 0 Å². The van der Waals surface area contributed by atoms with Gasteiger partial charge in [-0.1, -0.05) is 36.8 Å². The second-order valence-corrected chi connectivity index (χ2v) is 10.6. The predicted molar refractivity (Wildman–Crippen MR) is 113 cm³/mol. The van der Waals surface area contributed by atoms with Crippen LogP contribution in [-0.4, -0.2) is 31.7 Å². The molecule has 1 saturated heterocycles. The highest BCUT2D eigenvalue weighted by Crippen LogP contribution is 2.28. The fourth-order valence-corrected chi connectivity index (χ4v) is 6.49. The van der Waals surface area contributed by atoms with Crippen LogP contribution in [0.3, 0.4) is 0 Å². The van der Waals surface area contributed by atoms with Crippen molar-refractivity contribution in [3.05, 3.63) is 52.4 Å². The summed E-state index contributed by atoms with van der Waals surface area (Å²) in [4.78, 5) is 12.9. The molecule has 28 heavy (non-hydrogen) atoms. The highest BCUT2D eigenvalue weighted by atomic mass is 32.2. The van der Waals surface area contributed by atoms with Gasteiger partial charge in [0, 0.05) is 13.1 Å². The van der Waals surface area contributed by atoms with Crippen molar-refractivity contribution in [3.8, 4) is 0 Å². The minimum atomic E-state index is -3.51. The third-order valence-electron chi connectivity index (χ3n) is 5.37. The van der Waals surface area contributed by atoms with Gasteiger partial charge >= 0.3 is 0 Å². The Morgan fingerprint density at radius 1 is 1.32 bits per heavy atom. The lowest BCUT2D eigenvalue weighted by Gasteiger charge is -2.32. The molecule has 1 aromatic carbocycles. The molecule has 0 aliphatic carbocycles. The van der Waals surface area contributed by atoms with Gasteiger partial charge in [-0.25, -0.2) is 8.42 Å².